The van der Waals surface area contributed by atoms with Gasteiger partial charge in [0.25, 0.3) is 0 Å². The van der Waals surface area contributed by atoms with Crippen molar-refractivity contribution >= 4 is 43.2 Å². The van der Waals surface area contributed by atoms with Gasteiger partial charge >= 0.3 is 0 Å². The average molecular weight is 425 g/mol. The van der Waals surface area contributed by atoms with Crippen molar-refractivity contribution in [2.24, 2.45) is 0 Å². The molecule has 7 heteroatoms. The molecule has 0 saturated heterocycles. The molecule has 0 spiro atoms. The average Bonchev–Trinajstić information content (AvgIpc) is 2.54. The molecule has 1 amide bonds. The van der Waals surface area contributed by atoms with Crippen LogP contribution >= 0.6 is 15.9 Å². The fourth-order valence-corrected chi connectivity index (χ4v) is 3.64. The summed E-state index contributed by atoms with van der Waals surface area (Å²) >= 11 is 3.32. The zero-order valence-corrected chi connectivity index (χ0v) is 16.8. The van der Waals surface area contributed by atoms with Crippen molar-refractivity contribution in [1.29, 1.82) is 0 Å². The van der Waals surface area contributed by atoms with E-state index in [-0.39, 0.29) is 12.5 Å². The molecule has 0 radical (unpaired) electrons. The van der Waals surface area contributed by atoms with Crippen molar-refractivity contribution < 1.29 is 13.2 Å². The monoisotopic (exact) mass is 424 g/mol. The first-order valence-corrected chi connectivity index (χ1v) is 10.5. The van der Waals surface area contributed by atoms with E-state index in [2.05, 4.69) is 21.2 Å². The summed E-state index contributed by atoms with van der Waals surface area (Å²) in [4.78, 5) is 12.5. The number of carbonyl (C=O) groups excluding carboxylic acids is 1. The molecule has 25 heavy (non-hydrogen) atoms. The Balaban J connectivity index is 2.25. The summed E-state index contributed by atoms with van der Waals surface area (Å²) in [5.41, 5.74) is 3.16. The van der Waals surface area contributed by atoms with E-state index >= 15 is 0 Å². The summed E-state index contributed by atoms with van der Waals surface area (Å²) < 4.78 is 26.2. The SMILES string of the molecule is CCc1cccc(C)c1NC(=O)CN(c1ccc(Br)cc1)S(C)(=O)=O. The topological polar surface area (TPSA) is 66.5 Å². The highest BCUT2D eigenvalue weighted by Gasteiger charge is 2.21. The van der Waals surface area contributed by atoms with E-state index in [4.69, 9.17) is 0 Å². The van der Waals surface area contributed by atoms with E-state index < -0.39 is 10.0 Å². The number of sulfonamides is 1. The Morgan fingerprint density at radius 2 is 1.80 bits per heavy atom. The van der Waals surface area contributed by atoms with Gasteiger partial charge in [-0.3, -0.25) is 9.10 Å². The van der Waals surface area contributed by atoms with Crippen LogP contribution in [0.5, 0.6) is 0 Å². The molecular formula is C18H21BrN2O3S. The maximum atomic E-state index is 12.5. The zero-order valence-electron chi connectivity index (χ0n) is 14.4. The third-order valence-corrected chi connectivity index (χ3v) is 5.48. The fourth-order valence-electron chi connectivity index (χ4n) is 2.52. The van der Waals surface area contributed by atoms with Gasteiger partial charge in [0.2, 0.25) is 15.9 Å². The molecule has 0 atom stereocenters. The first-order valence-electron chi connectivity index (χ1n) is 7.84. The minimum absolute atomic E-state index is 0.280. The third kappa shape index (κ3) is 5.06. The van der Waals surface area contributed by atoms with Gasteiger partial charge in [0.15, 0.2) is 0 Å². The number of rotatable bonds is 6. The predicted molar refractivity (Wildman–Crippen MR) is 106 cm³/mol. The summed E-state index contributed by atoms with van der Waals surface area (Å²) in [5, 5.41) is 2.86. The molecule has 0 aromatic heterocycles. The smallest absolute Gasteiger partial charge is 0.245 e. The molecule has 0 aliphatic carbocycles. The molecule has 0 bridgehead atoms. The highest BCUT2D eigenvalue weighted by molar-refractivity contribution is 9.10. The van der Waals surface area contributed by atoms with Crippen LogP contribution in [-0.4, -0.2) is 27.1 Å². The highest BCUT2D eigenvalue weighted by Crippen LogP contribution is 2.23. The van der Waals surface area contributed by atoms with Crippen molar-refractivity contribution in [3.63, 3.8) is 0 Å². The summed E-state index contributed by atoms with van der Waals surface area (Å²) in [5.74, 6) is -0.377. The first kappa shape index (κ1) is 19.5. The second-order valence-corrected chi connectivity index (χ2v) is 8.58. The molecule has 0 unspecified atom stereocenters. The molecular weight excluding hydrogens is 404 g/mol. The van der Waals surface area contributed by atoms with Crippen LogP contribution in [-0.2, 0) is 21.2 Å². The lowest BCUT2D eigenvalue weighted by molar-refractivity contribution is -0.114. The second-order valence-electron chi connectivity index (χ2n) is 5.76. The number of benzene rings is 2. The molecule has 134 valence electrons. The number of aryl methyl sites for hydroxylation is 2. The van der Waals surface area contributed by atoms with Crippen molar-refractivity contribution in [2.75, 3.05) is 22.4 Å². The summed E-state index contributed by atoms with van der Waals surface area (Å²) in [6.07, 6.45) is 1.87. The molecule has 0 aliphatic heterocycles. The van der Waals surface area contributed by atoms with Crippen LogP contribution in [0.25, 0.3) is 0 Å². The maximum absolute atomic E-state index is 12.5. The van der Waals surface area contributed by atoms with E-state index in [0.29, 0.717) is 5.69 Å². The van der Waals surface area contributed by atoms with E-state index in [1.54, 1.807) is 24.3 Å². The molecule has 1 N–H and O–H groups in total. The van der Waals surface area contributed by atoms with Crippen LogP contribution in [0, 0.1) is 6.92 Å². The van der Waals surface area contributed by atoms with E-state index in [9.17, 15) is 13.2 Å². The lowest BCUT2D eigenvalue weighted by atomic mass is 10.1. The van der Waals surface area contributed by atoms with E-state index in [0.717, 1.165) is 38.3 Å². The fraction of sp³-hybridized carbons (Fsp3) is 0.278. The van der Waals surface area contributed by atoms with Crippen LogP contribution in [0.4, 0.5) is 11.4 Å². The van der Waals surface area contributed by atoms with Gasteiger partial charge in [-0.15, -0.1) is 0 Å². The van der Waals surface area contributed by atoms with E-state index in [1.807, 2.05) is 32.0 Å². The first-order chi connectivity index (χ1) is 11.7. The Hall–Kier alpha value is -1.86. The number of nitrogens with zero attached hydrogens (tertiary/aromatic N) is 1. The van der Waals surface area contributed by atoms with Crippen molar-refractivity contribution in [2.45, 2.75) is 20.3 Å². The van der Waals surface area contributed by atoms with E-state index in [1.165, 1.54) is 0 Å². The van der Waals surface area contributed by atoms with Crippen LogP contribution in [0.1, 0.15) is 18.1 Å². The Kier molecular flexibility index (Phi) is 6.24. The van der Waals surface area contributed by atoms with Crippen LogP contribution in [0.15, 0.2) is 46.9 Å². The Morgan fingerprint density at radius 3 is 2.36 bits per heavy atom. The van der Waals surface area contributed by atoms with Gasteiger partial charge in [0.1, 0.15) is 6.54 Å². The van der Waals surface area contributed by atoms with Crippen molar-refractivity contribution in [1.82, 2.24) is 0 Å². The molecule has 2 aromatic carbocycles. The van der Waals surface area contributed by atoms with Gasteiger partial charge in [0, 0.05) is 10.2 Å². The van der Waals surface area contributed by atoms with Crippen LogP contribution in [0.2, 0.25) is 0 Å². The molecule has 2 rings (SSSR count). The number of para-hydroxylation sites is 1. The lowest BCUT2D eigenvalue weighted by Gasteiger charge is -2.22. The summed E-state index contributed by atoms with van der Waals surface area (Å²) in [6, 6.07) is 12.6. The normalized spacial score (nSPS) is 11.2. The standard InChI is InChI=1S/C18H21BrN2O3S/c1-4-14-7-5-6-13(2)18(14)20-17(22)12-21(25(3,23)24)16-10-8-15(19)9-11-16/h5-11H,4,12H2,1-3H3,(H,20,22). The quantitative estimate of drug-likeness (QED) is 0.767. The Morgan fingerprint density at radius 1 is 1.16 bits per heavy atom. The van der Waals surface area contributed by atoms with Gasteiger partial charge in [-0.05, 0) is 48.7 Å². The third-order valence-electron chi connectivity index (χ3n) is 3.81. The number of amides is 1. The molecule has 0 heterocycles. The zero-order chi connectivity index (χ0) is 18.6. The molecule has 0 aliphatic rings. The maximum Gasteiger partial charge on any atom is 0.245 e. The van der Waals surface area contributed by atoms with Crippen molar-refractivity contribution in [3.8, 4) is 0 Å². The molecule has 2 aromatic rings. The molecule has 0 fully saturated rings. The number of hydrogen-bond acceptors (Lipinski definition) is 3. The minimum atomic E-state index is -3.59. The predicted octanol–water partition coefficient (Wildman–Crippen LogP) is 3.72. The number of nitrogens with one attached hydrogen (secondary N) is 1. The largest absolute Gasteiger partial charge is 0.324 e. The number of hydrogen-bond donors (Lipinski definition) is 1. The summed E-state index contributed by atoms with van der Waals surface area (Å²) in [7, 11) is -3.59. The van der Waals surface area contributed by atoms with Gasteiger partial charge in [0.05, 0.1) is 11.9 Å². The van der Waals surface area contributed by atoms with Crippen LogP contribution < -0.4 is 9.62 Å². The van der Waals surface area contributed by atoms with Crippen molar-refractivity contribution in [3.05, 3.63) is 58.1 Å². The molecule has 5 nitrogen and oxygen atoms in total. The summed E-state index contributed by atoms with van der Waals surface area (Å²) in [6.45, 7) is 3.64. The molecule has 0 saturated carbocycles. The Labute approximate surface area is 157 Å². The second kappa shape index (κ2) is 8.01. The Bertz CT molecular complexity index is 864. The number of halogens is 1. The van der Waals surface area contributed by atoms with Gasteiger partial charge in [-0.2, -0.15) is 0 Å². The minimum Gasteiger partial charge on any atom is -0.324 e. The number of anilines is 2. The highest BCUT2D eigenvalue weighted by atomic mass is 79.9. The van der Waals surface area contributed by atoms with Gasteiger partial charge in [-0.25, -0.2) is 8.42 Å². The van der Waals surface area contributed by atoms with Gasteiger partial charge in [-0.1, -0.05) is 41.1 Å². The number of carbonyl (C=O) groups is 1. The lowest BCUT2D eigenvalue weighted by Crippen LogP contribution is -2.37. The van der Waals surface area contributed by atoms with Crippen LogP contribution in [0.3, 0.4) is 0 Å². The van der Waals surface area contributed by atoms with Gasteiger partial charge < -0.3 is 5.32 Å².